The van der Waals surface area contributed by atoms with Crippen LogP contribution < -0.4 is 5.43 Å². The van der Waals surface area contributed by atoms with Gasteiger partial charge in [0.2, 0.25) is 11.5 Å². The molecular weight excluding hydrogens is 342 g/mol. The molecule has 4 nitrogen and oxygen atoms in total. The number of anilines is 1. The summed E-state index contributed by atoms with van der Waals surface area (Å²) in [6.07, 6.45) is 0. The number of carbonyl (C=O) groups excluding carboxylic acids is 1. The number of carbonyl (C=O) groups is 1. The summed E-state index contributed by atoms with van der Waals surface area (Å²) in [6, 6.07) is 14.4. The molecule has 5 heteroatoms. The second kappa shape index (κ2) is 7.01. The molecule has 0 atom stereocenters. The fourth-order valence-corrected chi connectivity index (χ4v) is 2.12. The fraction of sp³-hybridized carbons (Fsp3) is 0.118. The second-order valence-corrected chi connectivity index (χ2v) is 5.68. The van der Waals surface area contributed by atoms with Gasteiger partial charge in [0.15, 0.2) is 0 Å². The van der Waals surface area contributed by atoms with Crippen LogP contribution in [0.15, 0.2) is 52.0 Å². The Morgan fingerprint density at radius 2 is 1.86 bits per heavy atom. The fourth-order valence-electron chi connectivity index (χ4n) is 1.85. The van der Waals surface area contributed by atoms with E-state index >= 15 is 0 Å². The number of hydrogen-bond donors (Lipinski definition) is 1. The van der Waals surface area contributed by atoms with E-state index in [2.05, 4.69) is 26.5 Å². The third-order valence-electron chi connectivity index (χ3n) is 3.32. The number of rotatable bonds is 4. The third kappa shape index (κ3) is 3.60. The summed E-state index contributed by atoms with van der Waals surface area (Å²) in [7, 11) is 0. The summed E-state index contributed by atoms with van der Waals surface area (Å²) in [6.45, 7) is 3.94. The summed E-state index contributed by atoms with van der Waals surface area (Å²) in [5.41, 5.74) is 5.96. The minimum absolute atomic E-state index is 0.178. The first-order valence-electron chi connectivity index (χ1n) is 6.63. The van der Waals surface area contributed by atoms with Gasteiger partial charge in [-0.15, -0.1) is 0 Å². The van der Waals surface area contributed by atoms with Crippen molar-refractivity contribution in [3.05, 3.63) is 63.6 Å². The van der Waals surface area contributed by atoms with Crippen LogP contribution in [0, 0.1) is 25.2 Å². The van der Waals surface area contributed by atoms with Gasteiger partial charge in [-0.3, -0.25) is 10.2 Å². The first-order valence-corrected chi connectivity index (χ1v) is 7.42. The Hall–Kier alpha value is -2.45. The topological polar surface area (TPSA) is 65.2 Å². The molecule has 0 fully saturated rings. The van der Waals surface area contributed by atoms with Gasteiger partial charge >= 0.3 is 0 Å². The van der Waals surface area contributed by atoms with E-state index in [0.717, 1.165) is 21.3 Å². The molecule has 0 aliphatic rings. The van der Waals surface area contributed by atoms with Crippen LogP contribution in [0.5, 0.6) is 0 Å². The summed E-state index contributed by atoms with van der Waals surface area (Å²) >= 11 is 3.31. The molecule has 0 aliphatic heterocycles. The van der Waals surface area contributed by atoms with Gasteiger partial charge in [0, 0.05) is 10.0 Å². The SMILES string of the molecule is Cc1cccc(N/N=C(\C#N)C(=O)c2ccc(Br)cc2)c1C. The first-order chi connectivity index (χ1) is 10.5. The highest BCUT2D eigenvalue weighted by Gasteiger charge is 2.14. The lowest BCUT2D eigenvalue weighted by atomic mass is 10.1. The lowest BCUT2D eigenvalue weighted by Gasteiger charge is -2.07. The van der Waals surface area contributed by atoms with Crippen molar-refractivity contribution in [2.45, 2.75) is 13.8 Å². The quantitative estimate of drug-likeness (QED) is 0.506. The van der Waals surface area contributed by atoms with Crippen molar-refractivity contribution in [1.29, 1.82) is 5.26 Å². The Morgan fingerprint density at radius 3 is 2.50 bits per heavy atom. The molecule has 0 aliphatic carbocycles. The van der Waals surface area contributed by atoms with Gasteiger partial charge in [-0.1, -0.05) is 28.1 Å². The van der Waals surface area contributed by atoms with E-state index in [1.165, 1.54) is 0 Å². The molecular formula is C17H14BrN3O. The minimum Gasteiger partial charge on any atom is -0.286 e. The number of benzene rings is 2. The van der Waals surface area contributed by atoms with Crippen molar-refractivity contribution in [1.82, 2.24) is 0 Å². The number of halogens is 1. The highest BCUT2D eigenvalue weighted by molar-refractivity contribution is 9.10. The molecule has 2 aromatic carbocycles. The van der Waals surface area contributed by atoms with Gasteiger partial charge < -0.3 is 0 Å². The molecule has 0 amide bonds. The molecule has 0 unspecified atom stereocenters. The standard InChI is InChI=1S/C17H14BrN3O/c1-11-4-3-5-15(12(11)2)20-21-16(10-19)17(22)13-6-8-14(18)9-7-13/h3-9,20H,1-2H3/b21-16+. The number of hydrogen-bond acceptors (Lipinski definition) is 4. The maximum Gasteiger partial charge on any atom is 0.223 e. The van der Waals surface area contributed by atoms with Gasteiger partial charge in [0.25, 0.3) is 0 Å². The molecule has 2 aromatic rings. The van der Waals surface area contributed by atoms with Crippen LogP contribution in [-0.2, 0) is 0 Å². The number of Topliss-reactive ketones (excluding diaryl/α,β-unsaturated/α-hetero) is 1. The molecule has 0 heterocycles. The Bertz CT molecular complexity index is 773. The Kier molecular flexibility index (Phi) is 5.08. The van der Waals surface area contributed by atoms with Crippen LogP contribution in [0.3, 0.4) is 0 Å². The highest BCUT2D eigenvalue weighted by Crippen LogP contribution is 2.18. The van der Waals surface area contributed by atoms with E-state index < -0.39 is 5.78 Å². The average molecular weight is 356 g/mol. The molecule has 22 heavy (non-hydrogen) atoms. The predicted molar refractivity (Wildman–Crippen MR) is 91.1 cm³/mol. The largest absolute Gasteiger partial charge is 0.286 e. The van der Waals surface area contributed by atoms with Gasteiger partial charge in [0.1, 0.15) is 6.07 Å². The molecule has 110 valence electrons. The van der Waals surface area contributed by atoms with E-state index in [1.807, 2.05) is 38.1 Å². The van der Waals surface area contributed by atoms with Crippen molar-refractivity contribution in [3.63, 3.8) is 0 Å². The lowest BCUT2D eigenvalue weighted by molar-refractivity contribution is 0.106. The molecule has 1 N–H and O–H groups in total. The zero-order valence-corrected chi connectivity index (χ0v) is 13.8. The zero-order chi connectivity index (χ0) is 16.1. The van der Waals surface area contributed by atoms with Crippen LogP contribution in [0.4, 0.5) is 5.69 Å². The van der Waals surface area contributed by atoms with Crippen LogP contribution >= 0.6 is 15.9 Å². The number of nitrogens with one attached hydrogen (secondary N) is 1. The van der Waals surface area contributed by atoms with Gasteiger partial charge in [-0.05, 0) is 55.3 Å². The molecule has 0 bridgehead atoms. The Labute approximate surface area is 137 Å². The van der Waals surface area contributed by atoms with E-state index in [0.29, 0.717) is 5.56 Å². The smallest absolute Gasteiger partial charge is 0.223 e. The average Bonchev–Trinajstić information content (AvgIpc) is 2.52. The number of ketones is 1. The van der Waals surface area contributed by atoms with E-state index in [1.54, 1.807) is 24.3 Å². The van der Waals surface area contributed by atoms with E-state index in [4.69, 9.17) is 5.26 Å². The molecule has 0 aromatic heterocycles. The van der Waals surface area contributed by atoms with Crippen molar-refractivity contribution in [2.24, 2.45) is 5.10 Å². The van der Waals surface area contributed by atoms with Crippen LogP contribution in [-0.4, -0.2) is 11.5 Å². The summed E-state index contributed by atoms with van der Waals surface area (Å²) < 4.78 is 0.869. The summed E-state index contributed by atoms with van der Waals surface area (Å²) in [4.78, 5) is 12.3. The number of nitriles is 1. The number of nitrogens with zero attached hydrogens (tertiary/aromatic N) is 2. The minimum atomic E-state index is -0.409. The molecule has 0 saturated heterocycles. The monoisotopic (exact) mass is 355 g/mol. The van der Waals surface area contributed by atoms with E-state index in [9.17, 15) is 4.79 Å². The molecule has 0 spiro atoms. The summed E-state index contributed by atoms with van der Waals surface area (Å²) in [5.74, 6) is -0.409. The van der Waals surface area contributed by atoms with Gasteiger partial charge in [-0.25, -0.2) is 0 Å². The second-order valence-electron chi connectivity index (χ2n) is 4.77. The van der Waals surface area contributed by atoms with Gasteiger partial charge in [0.05, 0.1) is 5.69 Å². The molecule has 2 rings (SSSR count). The number of hydrazone groups is 1. The predicted octanol–water partition coefficient (Wildman–Crippen LogP) is 4.24. The van der Waals surface area contributed by atoms with Crippen molar-refractivity contribution < 1.29 is 4.79 Å². The maximum absolute atomic E-state index is 12.3. The normalized spacial score (nSPS) is 10.9. The van der Waals surface area contributed by atoms with Gasteiger partial charge in [-0.2, -0.15) is 10.4 Å². The summed E-state index contributed by atoms with van der Waals surface area (Å²) in [5, 5.41) is 13.1. The van der Waals surface area contributed by atoms with Crippen LogP contribution in [0.2, 0.25) is 0 Å². The van der Waals surface area contributed by atoms with Crippen LogP contribution in [0.25, 0.3) is 0 Å². The molecule has 0 saturated carbocycles. The highest BCUT2D eigenvalue weighted by atomic mass is 79.9. The number of aryl methyl sites for hydroxylation is 1. The van der Waals surface area contributed by atoms with Crippen LogP contribution in [0.1, 0.15) is 21.5 Å². The lowest BCUT2D eigenvalue weighted by Crippen LogP contribution is -2.14. The van der Waals surface area contributed by atoms with E-state index in [-0.39, 0.29) is 5.71 Å². The first kappa shape index (κ1) is 15.9. The molecule has 0 radical (unpaired) electrons. The zero-order valence-electron chi connectivity index (χ0n) is 12.2. The Balaban J connectivity index is 2.24. The Morgan fingerprint density at radius 1 is 1.18 bits per heavy atom. The van der Waals surface area contributed by atoms with Crippen molar-refractivity contribution >= 4 is 33.1 Å². The van der Waals surface area contributed by atoms with Crippen molar-refractivity contribution in [3.8, 4) is 6.07 Å². The third-order valence-corrected chi connectivity index (χ3v) is 3.85. The maximum atomic E-state index is 12.3. The van der Waals surface area contributed by atoms with Crippen molar-refractivity contribution in [2.75, 3.05) is 5.43 Å².